The lowest BCUT2D eigenvalue weighted by Crippen LogP contribution is -2.23. The molecule has 2 heterocycles. The van der Waals surface area contributed by atoms with Crippen LogP contribution in [0.4, 0.5) is 4.39 Å². The standard InChI is InChI=1S/C19H11Cl2FN4O3/c20-11-3-1-2-10(6-11)18-25-16(28-26-18)9-23-19(27)14-8-24-29-17(14)13-5-4-12(22)7-15(13)21/h1-8H,9H2,(H,23,27). The monoisotopic (exact) mass is 432 g/mol. The summed E-state index contributed by atoms with van der Waals surface area (Å²) in [5.74, 6) is -0.329. The van der Waals surface area contributed by atoms with Crippen molar-refractivity contribution in [3.05, 3.63) is 76.0 Å². The Balaban J connectivity index is 1.48. The minimum absolute atomic E-state index is 0.0197. The van der Waals surface area contributed by atoms with Crippen molar-refractivity contribution in [3.8, 4) is 22.7 Å². The van der Waals surface area contributed by atoms with Gasteiger partial charge in [0.15, 0.2) is 5.76 Å². The van der Waals surface area contributed by atoms with E-state index in [-0.39, 0.29) is 28.8 Å². The Kier molecular flexibility index (Phi) is 5.28. The van der Waals surface area contributed by atoms with E-state index in [9.17, 15) is 9.18 Å². The average Bonchev–Trinajstić information content (AvgIpc) is 3.36. The number of carbonyl (C=O) groups is 1. The molecule has 2 aromatic heterocycles. The highest BCUT2D eigenvalue weighted by atomic mass is 35.5. The zero-order valence-electron chi connectivity index (χ0n) is 14.5. The molecule has 0 fully saturated rings. The smallest absolute Gasteiger partial charge is 0.257 e. The van der Waals surface area contributed by atoms with Crippen LogP contribution in [0.3, 0.4) is 0 Å². The third-order valence-electron chi connectivity index (χ3n) is 3.94. The minimum Gasteiger partial charge on any atom is -0.355 e. The quantitative estimate of drug-likeness (QED) is 0.488. The molecule has 0 atom stereocenters. The first-order valence-electron chi connectivity index (χ1n) is 8.28. The van der Waals surface area contributed by atoms with Crippen LogP contribution in [0, 0.1) is 5.82 Å². The lowest BCUT2D eigenvalue weighted by Gasteiger charge is -2.04. The third kappa shape index (κ3) is 4.13. The lowest BCUT2D eigenvalue weighted by atomic mass is 10.1. The number of nitrogens with zero attached hydrogens (tertiary/aromatic N) is 3. The molecule has 0 aliphatic carbocycles. The number of rotatable bonds is 5. The van der Waals surface area contributed by atoms with Gasteiger partial charge in [-0.3, -0.25) is 4.79 Å². The Morgan fingerprint density at radius 1 is 1.14 bits per heavy atom. The number of halogens is 3. The molecule has 0 saturated heterocycles. The van der Waals surface area contributed by atoms with Crippen molar-refractivity contribution >= 4 is 29.1 Å². The van der Waals surface area contributed by atoms with Gasteiger partial charge >= 0.3 is 0 Å². The number of amides is 1. The van der Waals surface area contributed by atoms with Gasteiger partial charge in [0.25, 0.3) is 5.91 Å². The van der Waals surface area contributed by atoms with Crippen LogP contribution in [-0.2, 0) is 6.54 Å². The summed E-state index contributed by atoms with van der Waals surface area (Å²) in [5.41, 5.74) is 1.16. The van der Waals surface area contributed by atoms with E-state index < -0.39 is 11.7 Å². The molecule has 146 valence electrons. The van der Waals surface area contributed by atoms with Crippen LogP contribution in [0.1, 0.15) is 16.2 Å². The van der Waals surface area contributed by atoms with Gasteiger partial charge in [0.05, 0.1) is 17.8 Å². The Hall–Kier alpha value is -3.23. The molecule has 0 unspecified atom stereocenters. The van der Waals surface area contributed by atoms with Gasteiger partial charge in [0.1, 0.15) is 11.4 Å². The maximum atomic E-state index is 13.3. The largest absolute Gasteiger partial charge is 0.355 e. The second-order valence-electron chi connectivity index (χ2n) is 5.90. The van der Waals surface area contributed by atoms with Gasteiger partial charge < -0.3 is 14.4 Å². The van der Waals surface area contributed by atoms with Gasteiger partial charge in [-0.1, -0.05) is 45.6 Å². The summed E-state index contributed by atoms with van der Waals surface area (Å²) in [4.78, 5) is 16.8. The van der Waals surface area contributed by atoms with E-state index in [0.717, 1.165) is 6.07 Å². The number of benzene rings is 2. The van der Waals surface area contributed by atoms with Crippen molar-refractivity contribution in [2.45, 2.75) is 6.54 Å². The highest BCUT2D eigenvalue weighted by Crippen LogP contribution is 2.31. The maximum absolute atomic E-state index is 13.3. The average molecular weight is 433 g/mol. The molecule has 4 aromatic rings. The summed E-state index contributed by atoms with van der Waals surface area (Å²) >= 11 is 12.0. The molecule has 10 heteroatoms. The van der Waals surface area contributed by atoms with E-state index in [1.165, 1.54) is 18.3 Å². The van der Waals surface area contributed by atoms with E-state index in [1.54, 1.807) is 24.3 Å². The van der Waals surface area contributed by atoms with Crippen molar-refractivity contribution in [2.24, 2.45) is 0 Å². The van der Waals surface area contributed by atoms with Crippen LogP contribution in [0.15, 0.2) is 57.7 Å². The molecule has 0 aliphatic rings. The Labute approximate surface area is 173 Å². The fourth-order valence-electron chi connectivity index (χ4n) is 2.59. The molecule has 0 saturated carbocycles. The SMILES string of the molecule is O=C(NCc1nc(-c2cccc(Cl)c2)no1)c1cnoc1-c1ccc(F)cc1Cl. The van der Waals surface area contributed by atoms with E-state index in [2.05, 4.69) is 20.6 Å². The Bertz CT molecular complexity index is 1190. The first-order valence-corrected chi connectivity index (χ1v) is 9.03. The van der Waals surface area contributed by atoms with E-state index in [4.69, 9.17) is 32.2 Å². The van der Waals surface area contributed by atoms with Gasteiger partial charge in [-0.05, 0) is 30.3 Å². The van der Waals surface area contributed by atoms with Crippen molar-refractivity contribution in [1.82, 2.24) is 20.6 Å². The van der Waals surface area contributed by atoms with Gasteiger partial charge in [-0.2, -0.15) is 4.98 Å². The highest BCUT2D eigenvalue weighted by Gasteiger charge is 2.21. The molecule has 0 aliphatic heterocycles. The molecular weight excluding hydrogens is 422 g/mol. The van der Waals surface area contributed by atoms with Crippen LogP contribution in [0.25, 0.3) is 22.7 Å². The molecule has 29 heavy (non-hydrogen) atoms. The first kappa shape index (κ1) is 19.1. The zero-order valence-corrected chi connectivity index (χ0v) is 16.0. The molecule has 4 rings (SSSR count). The molecule has 1 N–H and O–H groups in total. The number of aromatic nitrogens is 3. The molecule has 0 radical (unpaired) electrons. The van der Waals surface area contributed by atoms with Gasteiger partial charge in [-0.15, -0.1) is 0 Å². The van der Waals surface area contributed by atoms with E-state index >= 15 is 0 Å². The summed E-state index contributed by atoms with van der Waals surface area (Å²) in [6, 6.07) is 10.7. The molecule has 0 spiro atoms. The predicted octanol–water partition coefficient (Wildman–Crippen LogP) is 4.77. The number of hydrogen-bond acceptors (Lipinski definition) is 6. The van der Waals surface area contributed by atoms with Crippen LogP contribution in [0.5, 0.6) is 0 Å². The van der Waals surface area contributed by atoms with Crippen molar-refractivity contribution in [1.29, 1.82) is 0 Å². The fourth-order valence-corrected chi connectivity index (χ4v) is 3.04. The topological polar surface area (TPSA) is 94.1 Å². The summed E-state index contributed by atoms with van der Waals surface area (Å²) < 4.78 is 23.6. The molecule has 2 aromatic carbocycles. The maximum Gasteiger partial charge on any atom is 0.257 e. The Morgan fingerprint density at radius 3 is 2.79 bits per heavy atom. The highest BCUT2D eigenvalue weighted by molar-refractivity contribution is 6.33. The van der Waals surface area contributed by atoms with Crippen LogP contribution in [0.2, 0.25) is 10.0 Å². The molecule has 0 bridgehead atoms. The van der Waals surface area contributed by atoms with E-state index in [1.807, 2.05) is 0 Å². The number of carbonyl (C=O) groups excluding carboxylic acids is 1. The molecule has 1 amide bonds. The lowest BCUT2D eigenvalue weighted by molar-refractivity contribution is 0.0946. The van der Waals surface area contributed by atoms with E-state index in [0.29, 0.717) is 22.0 Å². The van der Waals surface area contributed by atoms with Gasteiger partial charge in [0.2, 0.25) is 11.7 Å². The molecular formula is C19H11Cl2FN4O3. The van der Waals surface area contributed by atoms with Crippen molar-refractivity contribution in [3.63, 3.8) is 0 Å². The minimum atomic E-state index is -0.504. The fraction of sp³-hybridized carbons (Fsp3) is 0.0526. The summed E-state index contributed by atoms with van der Waals surface area (Å²) in [6.45, 7) is -0.0197. The van der Waals surface area contributed by atoms with Crippen molar-refractivity contribution in [2.75, 3.05) is 0 Å². The second-order valence-corrected chi connectivity index (χ2v) is 6.74. The van der Waals surface area contributed by atoms with Gasteiger partial charge in [-0.25, -0.2) is 4.39 Å². The van der Waals surface area contributed by atoms with Crippen LogP contribution >= 0.6 is 23.2 Å². The van der Waals surface area contributed by atoms with Gasteiger partial charge in [0, 0.05) is 16.1 Å². The third-order valence-corrected chi connectivity index (χ3v) is 4.49. The second kappa shape index (κ2) is 8.02. The number of hydrogen-bond donors (Lipinski definition) is 1. The zero-order chi connectivity index (χ0) is 20.4. The summed E-state index contributed by atoms with van der Waals surface area (Å²) in [6.07, 6.45) is 1.25. The predicted molar refractivity (Wildman–Crippen MR) is 103 cm³/mol. The summed E-state index contributed by atoms with van der Waals surface area (Å²) in [5, 5.41) is 10.8. The normalized spacial score (nSPS) is 10.9. The first-order chi connectivity index (χ1) is 14.0. The Morgan fingerprint density at radius 2 is 2.00 bits per heavy atom. The number of nitrogens with one attached hydrogen (secondary N) is 1. The van der Waals surface area contributed by atoms with Crippen LogP contribution < -0.4 is 5.32 Å². The molecule has 7 nitrogen and oxygen atoms in total. The van der Waals surface area contributed by atoms with Crippen LogP contribution in [-0.4, -0.2) is 21.2 Å². The van der Waals surface area contributed by atoms with Crippen molar-refractivity contribution < 1.29 is 18.2 Å². The summed E-state index contributed by atoms with van der Waals surface area (Å²) in [7, 11) is 0.